The second-order valence-corrected chi connectivity index (χ2v) is 10.2. The average Bonchev–Trinajstić information content (AvgIpc) is 2.68. The number of amides is 1. The monoisotopic (exact) mass is 453 g/mol. The molecule has 2 aromatic carbocycles. The number of primary sulfonamides is 1. The van der Waals surface area contributed by atoms with E-state index in [0.29, 0.717) is 31.6 Å². The summed E-state index contributed by atoms with van der Waals surface area (Å²) in [6.07, 6.45) is 0.479. The molecule has 0 spiro atoms. The molecule has 2 aromatic rings. The van der Waals surface area contributed by atoms with Crippen molar-refractivity contribution < 1.29 is 21.6 Å². The SMILES string of the molecule is CCN(CC)S(=O)(=O)c1cc(C(=O)NCCc2ccc(S(N)(=O)=O)cc2)ccc1C. The molecule has 0 fully saturated rings. The van der Waals surface area contributed by atoms with E-state index in [9.17, 15) is 21.6 Å². The van der Waals surface area contributed by atoms with Gasteiger partial charge in [-0.15, -0.1) is 0 Å². The molecule has 0 unspecified atom stereocenters. The number of nitrogens with zero attached hydrogens (tertiary/aromatic N) is 1. The number of nitrogens with two attached hydrogens (primary N) is 1. The van der Waals surface area contributed by atoms with E-state index in [1.807, 2.05) is 0 Å². The van der Waals surface area contributed by atoms with Gasteiger partial charge in [0.05, 0.1) is 9.79 Å². The molecular formula is C20H27N3O5S2. The third-order valence-corrected chi connectivity index (χ3v) is 7.85. The molecule has 10 heteroatoms. The first kappa shape index (κ1) is 24.0. The summed E-state index contributed by atoms with van der Waals surface area (Å²) in [7, 11) is -7.42. The van der Waals surface area contributed by atoms with Crippen molar-refractivity contribution in [2.24, 2.45) is 5.14 Å². The zero-order valence-corrected chi connectivity index (χ0v) is 18.9. The lowest BCUT2D eigenvalue weighted by Crippen LogP contribution is -2.31. The van der Waals surface area contributed by atoms with Crippen molar-refractivity contribution in [1.82, 2.24) is 9.62 Å². The maximum atomic E-state index is 12.8. The third-order valence-electron chi connectivity index (χ3n) is 4.72. The van der Waals surface area contributed by atoms with Gasteiger partial charge in [0, 0.05) is 25.2 Å². The number of hydrogen-bond donors (Lipinski definition) is 2. The van der Waals surface area contributed by atoms with Gasteiger partial charge in [-0.25, -0.2) is 22.0 Å². The van der Waals surface area contributed by atoms with E-state index in [2.05, 4.69) is 5.32 Å². The van der Waals surface area contributed by atoms with Crippen LogP contribution in [0.2, 0.25) is 0 Å². The standard InChI is InChI=1S/C20H27N3O5S2/c1-4-23(5-2)30(27,28)19-14-17(9-6-15(19)3)20(24)22-13-12-16-7-10-18(11-8-16)29(21,25)26/h6-11,14H,4-5,12-13H2,1-3H3,(H,22,24)(H2,21,25,26). The maximum absolute atomic E-state index is 12.8. The number of hydrogen-bond acceptors (Lipinski definition) is 5. The van der Waals surface area contributed by atoms with Crippen molar-refractivity contribution in [2.45, 2.75) is 37.0 Å². The van der Waals surface area contributed by atoms with E-state index in [1.165, 1.54) is 22.5 Å². The Hall–Kier alpha value is -2.27. The molecule has 0 saturated heterocycles. The quantitative estimate of drug-likeness (QED) is 0.597. The average molecular weight is 454 g/mol. The van der Waals surface area contributed by atoms with Crippen molar-refractivity contribution in [3.05, 3.63) is 59.2 Å². The van der Waals surface area contributed by atoms with Gasteiger partial charge in [-0.1, -0.05) is 32.0 Å². The van der Waals surface area contributed by atoms with Gasteiger partial charge in [0.1, 0.15) is 0 Å². The summed E-state index contributed by atoms with van der Waals surface area (Å²) in [5, 5.41) is 7.83. The van der Waals surface area contributed by atoms with E-state index in [0.717, 1.165) is 5.56 Å². The number of benzene rings is 2. The predicted molar refractivity (Wildman–Crippen MR) is 115 cm³/mol. The molecule has 0 radical (unpaired) electrons. The van der Waals surface area contributed by atoms with Crippen LogP contribution in [-0.2, 0) is 26.5 Å². The van der Waals surface area contributed by atoms with E-state index in [4.69, 9.17) is 5.14 Å². The van der Waals surface area contributed by atoms with Gasteiger partial charge in [0.2, 0.25) is 20.0 Å². The zero-order chi connectivity index (χ0) is 22.5. The van der Waals surface area contributed by atoms with Crippen LogP contribution in [0, 0.1) is 6.92 Å². The Morgan fingerprint density at radius 2 is 1.60 bits per heavy atom. The van der Waals surface area contributed by atoms with Crippen molar-refractivity contribution in [1.29, 1.82) is 0 Å². The van der Waals surface area contributed by atoms with Crippen LogP contribution in [0.5, 0.6) is 0 Å². The molecule has 30 heavy (non-hydrogen) atoms. The number of rotatable bonds is 9. The number of nitrogens with one attached hydrogen (secondary N) is 1. The Bertz CT molecular complexity index is 1110. The van der Waals surface area contributed by atoms with Crippen molar-refractivity contribution >= 4 is 26.0 Å². The van der Waals surface area contributed by atoms with Crippen LogP contribution in [0.3, 0.4) is 0 Å². The van der Waals surface area contributed by atoms with Crippen LogP contribution in [0.1, 0.15) is 35.3 Å². The fourth-order valence-electron chi connectivity index (χ4n) is 2.99. The third kappa shape index (κ3) is 5.66. The summed E-state index contributed by atoms with van der Waals surface area (Å²) < 4.78 is 49.6. The molecule has 0 heterocycles. The minimum atomic E-state index is -3.74. The Labute approximate surface area is 178 Å². The Kier molecular flexibility index (Phi) is 7.75. The number of aryl methyl sites for hydroxylation is 1. The second-order valence-electron chi connectivity index (χ2n) is 6.76. The van der Waals surface area contributed by atoms with Crippen LogP contribution in [0.15, 0.2) is 52.3 Å². The maximum Gasteiger partial charge on any atom is 0.251 e. The van der Waals surface area contributed by atoms with E-state index in [-0.39, 0.29) is 21.3 Å². The summed E-state index contributed by atoms with van der Waals surface area (Å²) >= 11 is 0. The Balaban J connectivity index is 2.09. The first-order valence-corrected chi connectivity index (χ1v) is 12.5. The molecule has 164 valence electrons. The molecular weight excluding hydrogens is 426 g/mol. The van der Waals surface area contributed by atoms with Gasteiger partial charge in [-0.05, 0) is 48.7 Å². The van der Waals surface area contributed by atoms with Gasteiger partial charge in [-0.2, -0.15) is 4.31 Å². The highest BCUT2D eigenvalue weighted by molar-refractivity contribution is 7.89. The van der Waals surface area contributed by atoms with Crippen molar-refractivity contribution in [2.75, 3.05) is 19.6 Å². The second kappa shape index (κ2) is 9.69. The molecule has 0 aliphatic carbocycles. The largest absolute Gasteiger partial charge is 0.352 e. The molecule has 8 nitrogen and oxygen atoms in total. The topological polar surface area (TPSA) is 127 Å². The number of sulfonamides is 2. The Morgan fingerprint density at radius 1 is 1.00 bits per heavy atom. The fourth-order valence-corrected chi connectivity index (χ4v) is 5.21. The predicted octanol–water partition coefficient (Wildman–Crippen LogP) is 1.65. The zero-order valence-electron chi connectivity index (χ0n) is 17.3. The molecule has 0 aliphatic heterocycles. The summed E-state index contributed by atoms with van der Waals surface area (Å²) in [6.45, 7) is 6.23. The van der Waals surface area contributed by atoms with Gasteiger partial charge in [0.15, 0.2) is 0 Å². The summed E-state index contributed by atoms with van der Waals surface area (Å²) in [6, 6.07) is 10.7. The number of carbonyl (C=O) groups excluding carboxylic acids is 1. The van der Waals surface area contributed by atoms with E-state index >= 15 is 0 Å². The minimum absolute atomic E-state index is 0.0249. The van der Waals surface area contributed by atoms with Gasteiger partial charge >= 0.3 is 0 Å². The fraction of sp³-hybridized carbons (Fsp3) is 0.350. The molecule has 0 atom stereocenters. The van der Waals surface area contributed by atoms with Gasteiger partial charge in [-0.3, -0.25) is 4.79 Å². The van der Waals surface area contributed by atoms with Crippen LogP contribution in [-0.4, -0.2) is 46.7 Å². The summed E-state index contributed by atoms with van der Waals surface area (Å²) in [5.41, 5.74) is 1.67. The molecule has 2 rings (SSSR count). The molecule has 1 amide bonds. The highest BCUT2D eigenvalue weighted by Crippen LogP contribution is 2.21. The molecule has 3 N–H and O–H groups in total. The van der Waals surface area contributed by atoms with Gasteiger partial charge in [0.25, 0.3) is 5.91 Å². The normalized spacial score (nSPS) is 12.2. The molecule has 0 aliphatic rings. The van der Waals surface area contributed by atoms with Crippen molar-refractivity contribution in [3.63, 3.8) is 0 Å². The Morgan fingerprint density at radius 3 is 2.13 bits per heavy atom. The van der Waals surface area contributed by atoms with E-state index in [1.54, 1.807) is 45.0 Å². The highest BCUT2D eigenvalue weighted by atomic mass is 32.2. The van der Waals surface area contributed by atoms with Crippen LogP contribution < -0.4 is 10.5 Å². The summed E-state index contributed by atoms with van der Waals surface area (Å²) in [4.78, 5) is 12.7. The lowest BCUT2D eigenvalue weighted by atomic mass is 10.1. The number of carbonyl (C=O) groups is 1. The lowest BCUT2D eigenvalue weighted by Gasteiger charge is -2.20. The van der Waals surface area contributed by atoms with Crippen molar-refractivity contribution in [3.8, 4) is 0 Å². The highest BCUT2D eigenvalue weighted by Gasteiger charge is 2.24. The van der Waals surface area contributed by atoms with Crippen LogP contribution in [0.4, 0.5) is 0 Å². The molecule has 0 aromatic heterocycles. The lowest BCUT2D eigenvalue weighted by molar-refractivity contribution is 0.0954. The van der Waals surface area contributed by atoms with E-state index < -0.39 is 20.0 Å². The van der Waals surface area contributed by atoms with Crippen LogP contribution in [0.25, 0.3) is 0 Å². The minimum Gasteiger partial charge on any atom is -0.352 e. The summed E-state index contributed by atoms with van der Waals surface area (Å²) in [5.74, 6) is -0.382. The first-order valence-electron chi connectivity index (χ1n) is 9.51. The van der Waals surface area contributed by atoms with Gasteiger partial charge < -0.3 is 5.32 Å². The smallest absolute Gasteiger partial charge is 0.251 e. The molecule has 0 saturated carbocycles. The first-order chi connectivity index (χ1) is 14.0. The molecule has 0 bridgehead atoms. The van der Waals surface area contributed by atoms with Crippen LogP contribution >= 0.6 is 0 Å².